The molecule has 0 bridgehead atoms. The smallest absolute Gasteiger partial charge is 1.00 e. The van der Waals surface area contributed by atoms with Crippen molar-refractivity contribution < 1.29 is 50.7 Å². The molecule has 0 N–H and O–H groups in total. The van der Waals surface area contributed by atoms with Gasteiger partial charge in [-0.15, -0.1) is 47.5 Å². The number of allylic oxidation sites excluding steroid dienone is 8. The van der Waals surface area contributed by atoms with Crippen LogP contribution in [0.3, 0.4) is 0 Å². The molecule has 0 nitrogen and oxygen atoms in total. The second kappa shape index (κ2) is 13.1. The van der Waals surface area contributed by atoms with Gasteiger partial charge in [0.05, 0.1) is 0 Å². The Labute approximate surface area is 194 Å². The van der Waals surface area contributed by atoms with Crippen LogP contribution in [0, 0.1) is 26.0 Å². The summed E-state index contributed by atoms with van der Waals surface area (Å²) in [5.41, 5.74) is 7.65. The average Bonchev–Trinajstić information content (AvgIpc) is 3.29. The maximum atomic E-state index is 3.31. The normalized spacial score (nSPS) is 13.3. The van der Waals surface area contributed by atoms with Gasteiger partial charge in [0, 0.05) is 0 Å². The number of hydrogen-bond donors (Lipinski definition) is 0. The summed E-state index contributed by atoms with van der Waals surface area (Å²) >= 11 is 0. The average molecular weight is 560 g/mol. The molecule has 136 valence electrons. The molecule has 0 saturated heterocycles. The van der Waals surface area contributed by atoms with Crippen molar-refractivity contribution in [2.75, 3.05) is 0 Å². The SMILES string of the molecule is Cc1cccc(C2=[C-]CC=C2)c1.Cc1cccc(C2=[C-]CC=C2)c1.[Cl-].[Cl-].[Hf+4]. The van der Waals surface area contributed by atoms with E-state index in [0.717, 1.165) is 12.8 Å². The molecule has 4 rings (SSSR count). The molecule has 0 atom stereocenters. The minimum absolute atomic E-state index is 0. The fourth-order valence-corrected chi connectivity index (χ4v) is 2.83. The third-order valence-electron chi connectivity index (χ3n) is 4.05. The van der Waals surface area contributed by atoms with Crippen LogP contribution in [0.1, 0.15) is 35.1 Å². The summed E-state index contributed by atoms with van der Waals surface area (Å²) in [6.45, 7) is 4.23. The van der Waals surface area contributed by atoms with E-state index in [1.54, 1.807) is 0 Å². The van der Waals surface area contributed by atoms with Crippen LogP contribution in [0.25, 0.3) is 11.1 Å². The fraction of sp³-hybridized carbons (Fsp3) is 0.167. The van der Waals surface area contributed by atoms with Gasteiger partial charge in [-0.2, -0.15) is 35.5 Å². The molecule has 0 saturated carbocycles. The molecule has 0 aromatic heterocycles. The van der Waals surface area contributed by atoms with E-state index >= 15 is 0 Å². The van der Waals surface area contributed by atoms with E-state index in [4.69, 9.17) is 0 Å². The first-order valence-electron chi connectivity index (χ1n) is 8.41. The van der Waals surface area contributed by atoms with Crippen LogP contribution in [0.4, 0.5) is 0 Å². The van der Waals surface area contributed by atoms with Crippen LogP contribution in [0.15, 0.2) is 72.8 Å². The van der Waals surface area contributed by atoms with Gasteiger partial charge in [0.25, 0.3) is 0 Å². The molecule has 0 amide bonds. The minimum atomic E-state index is 0. The second-order valence-corrected chi connectivity index (χ2v) is 6.13. The molecule has 0 unspecified atom stereocenters. The molecule has 0 aliphatic heterocycles. The van der Waals surface area contributed by atoms with Crippen molar-refractivity contribution in [2.24, 2.45) is 0 Å². The minimum Gasteiger partial charge on any atom is -1.00 e. The van der Waals surface area contributed by atoms with Gasteiger partial charge in [-0.25, -0.2) is 0 Å². The van der Waals surface area contributed by atoms with E-state index in [1.807, 2.05) is 0 Å². The molecule has 2 aromatic rings. The summed E-state index contributed by atoms with van der Waals surface area (Å²) in [4.78, 5) is 0. The van der Waals surface area contributed by atoms with E-state index in [-0.39, 0.29) is 50.7 Å². The molecule has 2 aliphatic carbocycles. The van der Waals surface area contributed by atoms with Crippen molar-refractivity contribution in [3.63, 3.8) is 0 Å². The zero-order valence-electron chi connectivity index (χ0n) is 15.6. The predicted molar refractivity (Wildman–Crippen MR) is 103 cm³/mol. The quantitative estimate of drug-likeness (QED) is 0.367. The van der Waals surface area contributed by atoms with E-state index in [9.17, 15) is 0 Å². The van der Waals surface area contributed by atoms with Gasteiger partial charge >= 0.3 is 25.8 Å². The summed E-state index contributed by atoms with van der Waals surface area (Å²) in [6, 6.07) is 17.1. The Morgan fingerprint density at radius 3 is 1.37 bits per heavy atom. The molecule has 2 aliphatic rings. The summed E-state index contributed by atoms with van der Waals surface area (Å²) in [7, 11) is 0. The number of aryl methyl sites for hydroxylation is 2. The maximum Gasteiger partial charge on any atom is 4.00 e. The third-order valence-corrected chi connectivity index (χ3v) is 4.05. The number of rotatable bonds is 2. The Balaban J connectivity index is 0.000000451. The molecule has 2 aromatic carbocycles. The van der Waals surface area contributed by atoms with Crippen molar-refractivity contribution in [3.05, 3.63) is 107 Å². The van der Waals surface area contributed by atoms with Crippen LogP contribution in [0.2, 0.25) is 0 Å². The first-order chi connectivity index (χ1) is 11.7. The monoisotopic (exact) mass is 560 g/mol. The van der Waals surface area contributed by atoms with Gasteiger partial charge in [0.1, 0.15) is 0 Å². The summed E-state index contributed by atoms with van der Waals surface area (Å²) in [6.07, 6.45) is 17.1. The topological polar surface area (TPSA) is 0 Å². The van der Waals surface area contributed by atoms with Crippen molar-refractivity contribution in [3.8, 4) is 0 Å². The summed E-state index contributed by atoms with van der Waals surface area (Å²) in [5.74, 6) is 0. The molecule has 3 heteroatoms. The van der Waals surface area contributed by atoms with Gasteiger partial charge in [-0.3, -0.25) is 0 Å². The van der Waals surface area contributed by atoms with Gasteiger partial charge in [-0.05, 0) is 13.8 Å². The Morgan fingerprint density at radius 2 is 1.07 bits per heavy atom. The number of halogens is 2. The fourth-order valence-electron chi connectivity index (χ4n) is 2.83. The Morgan fingerprint density at radius 1 is 0.667 bits per heavy atom. The number of benzene rings is 2. The Hall–Kier alpha value is -1.15. The predicted octanol–water partition coefficient (Wildman–Crippen LogP) is 0.289. The zero-order chi connectivity index (χ0) is 16.8. The second-order valence-electron chi connectivity index (χ2n) is 6.13. The maximum absolute atomic E-state index is 3.31. The third kappa shape index (κ3) is 7.78. The van der Waals surface area contributed by atoms with Crippen molar-refractivity contribution in [2.45, 2.75) is 26.7 Å². The van der Waals surface area contributed by atoms with Gasteiger partial charge in [0.2, 0.25) is 0 Å². The van der Waals surface area contributed by atoms with Crippen molar-refractivity contribution in [1.29, 1.82) is 0 Å². The van der Waals surface area contributed by atoms with Crippen molar-refractivity contribution in [1.82, 2.24) is 0 Å². The van der Waals surface area contributed by atoms with E-state index in [2.05, 4.69) is 98.8 Å². The molecule has 0 radical (unpaired) electrons. The van der Waals surface area contributed by atoms with Crippen LogP contribution >= 0.6 is 0 Å². The molecule has 0 fully saturated rings. The first kappa shape index (κ1) is 25.9. The van der Waals surface area contributed by atoms with Crippen molar-refractivity contribution >= 4 is 11.1 Å². The molecular formula is C24H22Cl2Hf. The summed E-state index contributed by atoms with van der Waals surface area (Å²) in [5, 5.41) is 0. The van der Waals surface area contributed by atoms with E-state index in [0.29, 0.717) is 0 Å². The summed E-state index contributed by atoms with van der Waals surface area (Å²) < 4.78 is 0. The molecule has 27 heavy (non-hydrogen) atoms. The van der Waals surface area contributed by atoms with Gasteiger partial charge in [-0.1, -0.05) is 48.2 Å². The molecular weight excluding hydrogens is 538 g/mol. The largest absolute Gasteiger partial charge is 4.00 e. The van der Waals surface area contributed by atoms with Gasteiger partial charge in [0.15, 0.2) is 0 Å². The molecule has 0 heterocycles. The van der Waals surface area contributed by atoms with E-state index < -0.39 is 0 Å². The standard InChI is InChI=1S/2C12H11.2ClH.Hf/c2*1-10-5-4-8-12(9-10)11-6-2-3-7-11;;;/h2*2,4-6,8-9H,3H2,1H3;2*1H;/q2*-1;;;+4/p-2. The van der Waals surface area contributed by atoms with Crippen LogP contribution in [-0.4, -0.2) is 0 Å². The zero-order valence-corrected chi connectivity index (χ0v) is 20.7. The Kier molecular flexibility index (Phi) is 12.5. The van der Waals surface area contributed by atoms with Gasteiger partial charge < -0.3 is 24.8 Å². The Bertz CT molecular complexity index is 773. The van der Waals surface area contributed by atoms with Crippen LogP contribution in [-0.2, 0) is 25.8 Å². The van der Waals surface area contributed by atoms with E-state index in [1.165, 1.54) is 33.4 Å². The van der Waals surface area contributed by atoms with Crippen LogP contribution < -0.4 is 24.8 Å². The number of hydrogen-bond acceptors (Lipinski definition) is 0. The molecule has 0 spiro atoms. The van der Waals surface area contributed by atoms with Crippen LogP contribution in [0.5, 0.6) is 0 Å². The first-order valence-corrected chi connectivity index (χ1v) is 8.41.